The summed E-state index contributed by atoms with van der Waals surface area (Å²) in [7, 11) is 2.94. The Hall–Kier alpha value is -3.38. The molecule has 2 aromatic heterocycles. The van der Waals surface area contributed by atoms with Gasteiger partial charge in [-0.15, -0.1) is 22.7 Å². The third kappa shape index (κ3) is 4.11. The lowest BCUT2D eigenvalue weighted by Gasteiger charge is -2.25. The molecule has 0 atom stereocenters. The monoisotopic (exact) mass is 582 g/mol. The van der Waals surface area contributed by atoms with Crippen LogP contribution in [0.3, 0.4) is 0 Å². The van der Waals surface area contributed by atoms with Gasteiger partial charge in [0.15, 0.2) is 0 Å². The smallest absolute Gasteiger partial charge is 0.380 e. The summed E-state index contributed by atoms with van der Waals surface area (Å²) in [5.74, 6) is -14.9. The second-order valence-corrected chi connectivity index (χ2v) is 10.8. The zero-order valence-corrected chi connectivity index (χ0v) is 22.5. The van der Waals surface area contributed by atoms with E-state index in [0.29, 0.717) is 45.3 Å². The van der Waals surface area contributed by atoms with E-state index in [1.54, 1.807) is 48.5 Å². The van der Waals surface area contributed by atoms with Crippen molar-refractivity contribution in [2.24, 2.45) is 0 Å². The van der Waals surface area contributed by atoms with E-state index >= 15 is 17.6 Å². The number of rotatable bonds is 6. The van der Waals surface area contributed by atoms with Gasteiger partial charge in [-0.3, -0.25) is 0 Å². The fraction of sp³-hybridized carbons (Fsp3) is 0.259. The van der Waals surface area contributed by atoms with Gasteiger partial charge in [-0.05, 0) is 62.4 Å². The summed E-state index contributed by atoms with van der Waals surface area (Å²) in [4.78, 5) is 7.65. The normalized spacial score (nSPS) is 17.5. The molecule has 0 unspecified atom stereocenters. The number of ether oxygens (including phenoxy) is 2. The third-order valence-electron chi connectivity index (χ3n) is 6.39. The highest BCUT2D eigenvalue weighted by Gasteiger charge is 2.81. The standard InChI is InChI=1S/C27H20F6N2O2S2/c1-13-21(38-23(34-13)15-5-9-17(36-3)10-6-15)19-20(26(30,31)27(32,33)25(19,28)29)22-14(2)35-24(39-22)16-7-11-18(37-4)12-8-16/h5-12H,1-4H3. The molecular formula is C27H20F6N2O2S2. The lowest BCUT2D eigenvalue weighted by molar-refractivity contribution is -0.254. The molecule has 0 aliphatic heterocycles. The molecule has 4 aromatic rings. The first-order valence-electron chi connectivity index (χ1n) is 11.5. The van der Waals surface area contributed by atoms with Crippen LogP contribution in [0.15, 0.2) is 48.5 Å². The first kappa shape index (κ1) is 27.2. The van der Waals surface area contributed by atoms with E-state index in [1.807, 2.05) is 0 Å². The maximum Gasteiger partial charge on any atom is 0.380 e. The number of hydrogen-bond donors (Lipinski definition) is 0. The molecule has 0 amide bonds. The third-order valence-corrected chi connectivity index (χ3v) is 8.84. The van der Waals surface area contributed by atoms with Gasteiger partial charge in [-0.1, -0.05) is 0 Å². The molecular weight excluding hydrogens is 562 g/mol. The topological polar surface area (TPSA) is 44.2 Å². The molecule has 4 nitrogen and oxygen atoms in total. The van der Waals surface area contributed by atoms with Crippen molar-refractivity contribution in [3.05, 3.63) is 69.7 Å². The zero-order chi connectivity index (χ0) is 28.3. The van der Waals surface area contributed by atoms with Crippen LogP contribution in [-0.2, 0) is 0 Å². The minimum Gasteiger partial charge on any atom is -0.497 e. The minimum atomic E-state index is -5.67. The molecule has 12 heteroatoms. The number of methoxy groups -OCH3 is 2. The highest BCUT2D eigenvalue weighted by atomic mass is 32.1. The molecule has 204 valence electrons. The SMILES string of the molecule is COc1ccc(-c2nc(C)c(C3=C(c4sc(-c5ccc(OC)cc5)nc4C)C(F)(F)C(F)(F)C3(F)F)s2)cc1. The fourth-order valence-electron chi connectivity index (χ4n) is 4.31. The van der Waals surface area contributed by atoms with Crippen molar-refractivity contribution >= 4 is 33.8 Å². The molecule has 0 spiro atoms. The van der Waals surface area contributed by atoms with Gasteiger partial charge in [0, 0.05) is 11.1 Å². The summed E-state index contributed by atoms with van der Waals surface area (Å²) in [6.45, 7) is 2.66. The van der Waals surface area contributed by atoms with Crippen LogP contribution in [0.5, 0.6) is 11.5 Å². The van der Waals surface area contributed by atoms with Crippen LogP contribution in [0.1, 0.15) is 21.1 Å². The van der Waals surface area contributed by atoms with Crippen LogP contribution >= 0.6 is 22.7 Å². The lowest BCUT2D eigenvalue weighted by Crippen LogP contribution is -2.48. The average molecular weight is 583 g/mol. The van der Waals surface area contributed by atoms with Crippen LogP contribution in [0, 0.1) is 13.8 Å². The Labute approximate surface area is 227 Å². The quantitative estimate of drug-likeness (QED) is 0.214. The number of aryl methyl sites for hydroxylation is 2. The molecule has 0 fully saturated rings. The van der Waals surface area contributed by atoms with Crippen molar-refractivity contribution in [3.8, 4) is 32.6 Å². The van der Waals surface area contributed by atoms with E-state index in [1.165, 1.54) is 28.1 Å². The number of alkyl halides is 6. The number of allylic oxidation sites excluding steroid dienone is 2. The summed E-state index contributed by atoms with van der Waals surface area (Å²) in [5.41, 5.74) is -2.01. The predicted octanol–water partition coefficient (Wildman–Crippen LogP) is 8.40. The van der Waals surface area contributed by atoms with Crippen molar-refractivity contribution in [1.29, 1.82) is 0 Å². The number of nitrogens with zero attached hydrogens (tertiary/aromatic N) is 2. The summed E-state index contributed by atoms with van der Waals surface area (Å²) < 4.78 is 101. The van der Waals surface area contributed by atoms with Gasteiger partial charge in [0.05, 0.1) is 46.5 Å². The maximum absolute atomic E-state index is 15.4. The Kier molecular flexibility index (Phi) is 6.53. The Bertz CT molecular complexity index is 1460. The number of hydrogen-bond acceptors (Lipinski definition) is 6. The molecule has 1 aliphatic rings. The molecule has 1 aliphatic carbocycles. The second-order valence-electron chi connectivity index (χ2n) is 8.80. The lowest BCUT2D eigenvalue weighted by atomic mass is 10.0. The number of benzene rings is 2. The Morgan fingerprint density at radius 1 is 0.590 bits per heavy atom. The predicted molar refractivity (Wildman–Crippen MR) is 139 cm³/mol. The van der Waals surface area contributed by atoms with E-state index in [-0.39, 0.29) is 21.4 Å². The molecule has 39 heavy (non-hydrogen) atoms. The van der Waals surface area contributed by atoms with Crippen LogP contribution < -0.4 is 9.47 Å². The highest BCUT2D eigenvalue weighted by Crippen LogP contribution is 2.66. The van der Waals surface area contributed by atoms with Gasteiger partial charge >= 0.3 is 17.8 Å². The van der Waals surface area contributed by atoms with Crippen LogP contribution in [0.4, 0.5) is 26.3 Å². The van der Waals surface area contributed by atoms with E-state index in [2.05, 4.69) is 9.97 Å². The van der Waals surface area contributed by atoms with E-state index < -0.39 is 38.7 Å². The van der Waals surface area contributed by atoms with E-state index in [0.717, 1.165) is 0 Å². The van der Waals surface area contributed by atoms with Crippen LogP contribution in [-0.4, -0.2) is 42.0 Å². The maximum atomic E-state index is 15.4. The molecule has 0 saturated carbocycles. The summed E-state index contributed by atoms with van der Waals surface area (Å²) >= 11 is 1.31. The Balaban J connectivity index is 1.72. The van der Waals surface area contributed by atoms with Gasteiger partial charge < -0.3 is 9.47 Å². The van der Waals surface area contributed by atoms with Gasteiger partial charge in [0.1, 0.15) is 21.5 Å². The summed E-state index contributed by atoms with van der Waals surface area (Å²) in [5, 5.41) is 0.428. The van der Waals surface area contributed by atoms with Crippen molar-refractivity contribution in [3.63, 3.8) is 0 Å². The molecule has 0 saturated heterocycles. The number of aromatic nitrogens is 2. The first-order valence-corrected chi connectivity index (χ1v) is 13.1. The zero-order valence-electron chi connectivity index (χ0n) is 20.9. The average Bonchev–Trinajstić information content (AvgIpc) is 3.51. The highest BCUT2D eigenvalue weighted by molar-refractivity contribution is 7.17. The molecule has 0 N–H and O–H groups in total. The molecule has 0 bridgehead atoms. The van der Waals surface area contributed by atoms with Gasteiger partial charge in [-0.25, -0.2) is 9.97 Å². The summed E-state index contributed by atoms with van der Waals surface area (Å²) in [6.07, 6.45) is 0. The van der Waals surface area contributed by atoms with Crippen molar-refractivity contribution in [2.75, 3.05) is 14.2 Å². The molecule has 2 heterocycles. The molecule has 0 radical (unpaired) electrons. The largest absolute Gasteiger partial charge is 0.497 e. The van der Waals surface area contributed by atoms with Gasteiger partial charge in [0.25, 0.3) is 0 Å². The van der Waals surface area contributed by atoms with E-state index in [4.69, 9.17) is 9.47 Å². The second kappa shape index (κ2) is 9.37. The van der Waals surface area contributed by atoms with Gasteiger partial charge in [0.2, 0.25) is 0 Å². The Morgan fingerprint density at radius 2 is 0.923 bits per heavy atom. The minimum absolute atomic E-state index is 0.0657. The van der Waals surface area contributed by atoms with Crippen LogP contribution in [0.25, 0.3) is 32.3 Å². The fourth-order valence-corrected chi connectivity index (χ4v) is 6.62. The first-order chi connectivity index (χ1) is 18.3. The molecule has 2 aromatic carbocycles. The van der Waals surface area contributed by atoms with E-state index in [9.17, 15) is 8.78 Å². The van der Waals surface area contributed by atoms with Crippen molar-refractivity contribution in [1.82, 2.24) is 9.97 Å². The van der Waals surface area contributed by atoms with Crippen LogP contribution in [0.2, 0.25) is 0 Å². The number of thiazole rings is 2. The van der Waals surface area contributed by atoms with Gasteiger partial charge in [-0.2, -0.15) is 26.3 Å². The van der Waals surface area contributed by atoms with Crippen molar-refractivity contribution < 1.29 is 35.8 Å². The van der Waals surface area contributed by atoms with Crippen molar-refractivity contribution in [2.45, 2.75) is 31.6 Å². The number of halogens is 6. The summed E-state index contributed by atoms with van der Waals surface area (Å²) in [6, 6.07) is 12.9. The Morgan fingerprint density at radius 3 is 1.23 bits per heavy atom. The molecule has 5 rings (SSSR count).